The molecule has 27 heavy (non-hydrogen) atoms. The second kappa shape index (κ2) is 9.62. The highest BCUT2D eigenvalue weighted by Crippen LogP contribution is 2.20. The molecule has 2 rings (SSSR count). The molecule has 0 radical (unpaired) electrons. The van der Waals surface area contributed by atoms with Gasteiger partial charge in [-0.15, -0.1) is 0 Å². The molecule has 0 unspecified atom stereocenters. The number of amides is 3. The summed E-state index contributed by atoms with van der Waals surface area (Å²) in [7, 11) is 2.00. The van der Waals surface area contributed by atoms with Crippen molar-refractivity contribution in [3.8, 4) is 0 Å². The second-order valence-corrected chi connectivity index (χ2v) is 6.72. The van der Waals surface area contributed by atoms with Crippen LogP contribution in [-0.4, -0.2) is 31.6 Å². The first kappa shape index (κ1) is 20.3. The van der Waals surface area contributed by atoms with Gasteiger partial charge in [-0.25, -0.2) is 4.79 Å². The number of rotatable bonds is 8. The summed E-state index contributed by atoms with van der Waals surface area (Å²) in [5.41, 5.74) is 8.28. The van der Waals surface area contributed by atoms with Crippen molar-refractivity contribution in [2.75, 3.05) is 18.5 Å². The van der Waals surface area contributed by atoms with Crippen LogP contribution in [0.25, 0.3) is 0 Å². The topological polar surface area (TPSA) is 87.5 Å². The zero-order chi connectivity index (χ0) is 19.8. The lowest BCUT2D eigenvalue weighted by atomic mass is 9.98. The third kappa shape index (κ3) is 6.02. The summed E-state index contributed by atoms with van der Waals surface area (Å²) < 4.78 is 0. The Labute approximate surface area is 160 Å². The highest BCUT2D eigenvalue weighted by atomic mass is 16.2. The fourth-order valence-corrected chi connectivity index (χ4v) is 2.96. The summed E-state index contributed by atoms with van der Waals surface area (Å²) in [6.07, 6.45) is 0.134. The zero-order valence-corrected chi connectivity index (χ0v) is 16.1. The van der Waals surface area contributed by atoms with Crippen molar-refractivity contribution in [1.82, 2.24) is 10.6 Å². The Kier molecular flexibility index (Phi) is 7.23. The van der Waals surface area contributed by atoms with Crippen LogP contribution in [-0.2, 0) is 4.79 Å². The van der Waals surface area contributed by atoms with Crippen LogP contribution in [0.15, 0.2) is 54.6 Å². The van der Waals surface area contributed by atoms with Crippen molar-refractivity contribution in [3.05, 3.63) is 65.7 Å². The Balaban J connectivity index is 1.95. The molecule has 3 amide bonds. The first-order valence-corrected chi connectivity index (χ1v) is 9.04. The van der Waals surface area contributed by atoms with E-state index in [1.807, 2.05) is 75.5 Å². The Morgan fingerprint density at radius 1 is 1.07 bits per heavy atom. The molecule has 0 aliphatic heterocycles. The van der Waals surface area contributed by atoms with Crippen LogP contribution >= 0.6 is 0 Å². The molecule has 0 aliphatic rings. The summed E-state index contributed by atoms with van der Waals surface area (Å²) in [4.78, 5) is 25.9. The summed E-state index contributed by atoms with van der Waals surface area (Å²) in [6.45, 7) is 4.49. The average Bonchev–Trinajstić information content (AvgIpc) is 2.65. The van der Waals surface area contributed by atoms with Gasteiger partial charge in [0.05, 0.1) is 12.5 Å². The SMILES string of the molecule is Cc1ccccc1[C@H](CC(=O)NC[C@H](C)N(C)c1ccccc1)NC(N)=O. The first-order chi connectivity index (χ1) is 12.9. The van der Waals surface area contributed by atoms with Gasteiger partial charge < -0.3 is 21.3 Å². The number of carbonyl (C=O) groups excluding carboxylic acids is 2. The smallest absolute Gasteiger partial charge is 0.312 e. The van der Waals surface area contributed by atoms with Gasteiger partial charge >= 0.3 is 6.03 Å². The van der Waals surface area contributed by atoms with Crippen LogP contribution in [0.2, 0.25) is 0 Å². The summed E-state index contributed by atoms with van der Waals surface area (Å²) in [6, 6.07) is 16.7. The maximum absolute atomic E-state index is 12.5. The predicted molar refractivity (Wildman–Crippen MR) is 109 cm³/mol. The number of nitrogens with one attached hydrogen (secondary N) is 2. The predicted octanol–water partition coefficient (Wildman–Crippen LogP) is 2.74. The molecule has 2 aromatic rings. The number of nitrogens with zero attached hydrogens (tertiary/aromatic N) is 1. The van der Waals surface area contributed by atoms with Crippen LogP contribution in [0.3, 0.4) is 0 Å². The molecule has 6 heteroatoms. The monoisotopic (exact) mass is 368 g/mol. The number of benzene rings is 2. The van der Waals surface area contributed by atoms with Crippen molar-refractivity contribution >= 4 is 17.6 Å². The molecule has 0 spiro atoms. The molecule has 2 atom stereocenters. The standard InChI is InChI=1S/C21H28N4O2/c1-15-9-7-8-12-18(15)19(24-21(22)27)13-20(26)23-14-16(2)25(3)17-10-5-4-6-11-17/h4-12,16,19H,13-14H2,1-3H3,(H,23,26)(H3,22,24,27)/t16-,19-/m0/s1. The van der Waals surface area contributed by atoms with E-state index in [1.54, 1.807) is 0 Å². The maximum Gasteiger partial charge on any atom is 0.312 e. The van der Waals surface area contributed by atoms with Gasteiger partial charge in [-0.05, 0) is 37.1 Å². The van der Waals surface area contributed by atoms with Crippen LogP contribution in [0.4, 0.5) is 10.5 Å². The Morgan fingerprint density at radius 3 is 2.33 bits per heavy atom. The van der Waals surface area contributed by atoms with Gasteiger partial charge in [-0.1, -0.05) is 42.5 Å². The summed E-state index contributed by atoms with van der Waals surface area (Å²) >= 11 is 0. The van der Waals surface area contributed by atoms with Gasteiger partial charge in [0.15, 0.2) is 0 Å². The third-order valence-corrected chi connectivity index (χ3v) is 4.69. The fraction of sp³-hybridized carbons (Fsp3) is 0.333. The lowest BCUT2D eigenvalue weighted by Crippen LogP contribution is -2.42. The first-order valence-electron chi connectivity index (χ1n) is 9.04. The van der Waals surface area contributed by atoms with E-state index in [-0.39, 0.29) is 18.4 Å². The van der Waals surface area contributed by atoms with Gasteiger partial charge in [0.1, 0.15) is 0 Å². The highest BCUT2D eigenvalue weighted by Gasteiger charge is 2.19. The number of hydrogen-bond acceptors (Lipinski definition) is 3. The van der Waals surface area contributed by atoms with Crippen molar-refractivity contribution < 1.29 is 9.59 Å². The maximum atomic E-state index is 12.5. The number of para-hydroxylation sites is 1. The minimum absolute atomic E-state index is 0.123. The van der Waals surface area contributed by atoms with Gasteiger partial charge in [0.25, 0.3) is 0 Å². The van der Waals surface area contributed by atoms with E-state index < -0.39 is 12.1 Å². The van der Waals surface area contributed by atoms with E-state index >= 15 is 0 Å². The second-order valence-electron chi connectivity index (χ2n) is 6.72. The van der Waals surface area contributed by atoms with E-state index in [0.717, 1.165) is 16.8 Å². The minimum atomic E-state index is -0.645. The molecule has 6 nitrogen and oxygen atoms in total. The number of hydrogen-bond donors (Lipinski definition) is 3. The molecule has 0 saturated heterocycles. The lowest BCUT2D eigenvalue weighted by Gasteiger charge is -2.27. The lowest BCUT2D eigenvalue weighted by molar-refractivity contribution is -0.121. The number of carbonyl (C=O) groups is 2. The van der Waals surface area contributed by atoms with Gasteiger partial charge in [0, 0.05) is 25.3 Å². The Hall–Kier alpha value is -3.02. The van der Waals surface area contributed by atoms with Crippen LogP contribution < -0.4 is 21.3 Å². The minimum Gasteiger partial charge on any atom is -0.370 e. The molecule has 0 saturated carbocycles. The quantitative estimate of drug-likeness (QED) is 0.669. The third-order valence-electron chi connectivity index (χ3n) is 4.69. The van der Waals surface area contributed by atoms with Crippen LogP contribution in [0, 0.1) is 6.92 Å². The van der Waals surface area contributed by atoms with Crippen LogP contribution in [0.5, 0.6) is 0 Å². The summed E-state index contributed by atoms with van der Waals surface area (Å²) in [5.74, 6) is -0.134. The van der Waals surface area contributed by atoms with Gasteiger partial charge in [-0.3, -0.25) is 4.79 Å². The van der Waals surface area contributed by atoms with Gasteiger partial charge in [0.2, 0.25) is 5.91 Å². The number of aryl methyl sites for hydroxylation is 1. The van der Waals surface area contributed by atoms with E-state index in [9.17, 15) is 9.59 Å². The molecule has 2 aromatic carbocycles. The van der Waals surface area contributed by atoms with Crippen LogP contribution in [0.1, 0.15) is 30.5 Å². The number of primary amides is 1. The normalized spacial score (nSPS) is 12.7. The molecular weight excluding hydrogens is 340 g/mol. The van der Waals surface area contributed by atoms with E-state index in [2.05, 4.69) is 15.5 Å². The number of likely N-dealkylation sites (N-methyl/N-ethyl adjacent to an activating group) is 1. The fourth-order valence-electron chi connectivity index (χ4n) is 2.96. The van der Waals surface area contributed by atoms with Crippen molar-refractivity contribution in [2.24, 2.45) is 5.73 Å². The highest BCUT2D eigenvalue weighted by molar-refractivity contribution is 5.79. The molecule has 0 heterocycles. The van der Waals surface area contributed by atoms with Crippen molar-refractivity contribution in [2.45, 2.75) is 32.4 Å². The van der Waals surface area contributed by atoms with E-state index in [4.69, 9.17) is 5.73 Å². The zero-order valence-electron chi connectivity index (χ0n) is 16.1. The van der Waals surface area contributed by atoms with Crippen molar-refractivity contribution in [1.29, 1.82) is 0 Å². The summed E-state index contributed by atoms with van der Waals surface area (Å²) in [5, 5.41) is 5.63. The molecule has 144 valence electrons. The molecule has 4 N–H and O–H groups in total. The van der Waals surface area contributed by atoms with Gasteiger partial charge in [-0.2, -0.15) is 0 Å². The molecule has 0 aliphatic carbocycles. The molecule has 0 fully saturated rings. The molecule has 0 aromatic heterocycles. The van der Waals surface area contributed by atoms with E-state index in [0.29, 0.717) is 6.54 Å². The molecule has 0 bridgehead atoms. The number of nitrogens with two attached hydrogens (primary N) is 1. The van der Waals surface area contributed by atoms with E-state index in [1.165, 1.54) is 0 Å². The largest absolute Gasteiger partial charge is 0.370 e. The van der Waals surface area contributed by atoms with Crippen molar-refractivity contribution in [3.63, 3.8) is 0 Å². The Bertz CT molecular complexity index is 764. The number of anilines is 1. The average molecular weight is 368 g/mol. The number of urea groups is 1. The molecular formula is C21H28N4O2. The Morgan fingerprint density at radius 2 is 1.70 bits per heavy atom.